The van der Waals surface area contributed by atoms with Crippen molar-refractivity contribution in [3.05, 3.63) is 89.6 Å². The molecule has 1 aromatic heterocycles. The Kier molecular flexibility index (Phi) is 6.45. The minimum atomic E-state index is -1.15. The molecule has 7 nitrogen and oxygen atoms in total. The Morgan fingerprint density at radius 3 is 2.32 bits per heavy atom. The lowest BCUT2D eigenvalue weighted by atomic mass is 10.0. The van der Waals surface area contributed by atoms with Gasteiger partial charge in [0.15, 0.2) is 6.61 Å². The van der Waals surface area contributed by atoms with Gasteiger partial charge in [-0.15, -0.1) is 0 Å². The molecule has 0 radical (unpaired) electrons. The van der Waals surface area contributed by atoms with Gasteiger partial charge in [-0.3, -0.25) is 9.59 Å². The number of carboxylic acid groups (broad SMARTS) is 1. The van der Waals surface area contributed by atoms with Crippen molar-refractivity contribution in [1.82, 2.24) is 4.57 Å². The largest absolute Gasteiger partial charge is 0.481 e. The molecule has 172 valence electrons. The fourth-order valence-corrected chi connectivity index (χ4v) is 4.26. The Balaban J connectivity index is 1.88. The summed E-state index contributed by atoms with van der Waals surface area (Å²) in [6.07, 6.45) is 0.458. The van der Waals surface area contributed by atoms with E-state index in [4.69, 9.17) is 15.6 Å². The molecule has 0 aliphatic rings. The third-order valence-electron chi connectivity index (χ3n) is 5.67. The lowest BCUT2D eigenvalue weighted by Gasteiger charge is -2.12. The third kappa shape index (κ3) is 4.41. The molecule has 0 atom stereocenters. The van der Waals surface area contributed by atoms with Crippen molar-refractivity contribution < 1.29 is 24.2 Å². The Morgan fingerprint density at radius 2 is 1.65 bits per heavy atom. The highest BCUT2D eigenvalue weighted by molar-refractivity contribution is 6.45. The quantitative estimate of drug-likeness (QED) is 0.292. The number of carbonyl (C=O) groups is 3. The summed E-state index contributed by atoms with van der Waals surface area (Å²) in [5, 5.41) is 9.46. The maximum atomic E-state index is 12.9. The van der Waals surface area contributed by atoms with Gasteiger partial charge in [0, 0.05) is 12.2 Å². The van der Waals surface area contributed by atoms with E-state index < -0.39 is 24.3 Å². The summed E-state index contributed by atoms with van der Waals surface area (Å²) in [4.78, 5) is 35.8. The first-order chi connectivity index (χ1) is 16.4. The second-order valence-electron chi connectivity index (χ2n) is 7.85. The molecule has 4 rings (SSSR count). The van der Waals surface area contributed by atoms with Crippen molar-refractivity contribution in [3.63, 3.8) is 0 Å². The number of hydrogen-bond donors (Lipinski definition) is 2. The summed E-state index contributed by atoms with van der Waals surface area (Å²) < 4.78 is 7.44. The van der Waals surface area contributed by atoms with Gasteiger partial charge in [-0.05, 0) is 41.3 Å². The molecule has 0 bridgehead atoms. The van der Waals surface area contributed by atoms with E-state index in [0.717, 1.165) is 16.7 Å². The van der Waals surface area contributed by atoms with Crippen LogP contribution >= 0.6 is 0 Å². The summed E-state index contributed by atoms with van der Waals surface area (Å²) in [6.45, 7) is 1.75. The number of primary amides is 1. The SMILES string of the molecule is CCc1c(C(=O)C(N)=O)c2c(OCC(=O)O)cccc2n1Cc1cccc(-c2ccccc2)c1. The van der Waals surface area contributed by atoms with Gasteiger partial charge in [0.05, 0.1) is 16.5 Å². The average Bonchev–Trinajstić information content (AvgIpc) is 3.16. The van der Waals surface area contributed by atoms with Crippen LogP contribution in [0.3, 0.4) is 0 Å². The lowest BCUT2D eigenvalue weighted by Crippen LogP contribution is -2.24. The number of nitrogens with two attached hydrogens (primary N) is 1. The predicted octanol–water partition coefficient (Wildman–Crippen LogP) is 4.05. The van der Waals surface area contributed by atoms with Crippen LogP contribution in [0, 0.1) is 0 Å². The molecule has 1 amide bonds. The number of rotatable bonds is 9. The van der Waals surface area contributed by atoms with E-state index in [1.807, 2.05) is 66.1 Å². The summed E-state index contributed by atoms with van der Waals surface area (Å²) in [6, 6.07) is 23.2. The number of hydrogen-bond acceptors (Lipinski definition) is 4. The maximum Gasteiger partial charge on any atom is 0.341 e. The van der Waals surface area contributed by atoms with Gasteiger partial charge in [-0.25, -0.2) is 4.79 Å². The molecule has 0 spiro atoms. The summed E-state index contributed by atoms with van der Waals surface area (Å²) >= 11 is 0. The van der Waals surface area contributed by atoms with E-state index in [9.17, 15) is 14.4 Å². The summed E-state index contributed by atoms with van der Waals surface area (Å²) in [7, 11) is 0. The molecular weight excluding hydrogens is 432 g/mol. The van der Waals surface area contributed by atoms with Crippen molar-refractivity contribution in [2.24, 2.45) is 5.73 Å². The van der Waals surface area contributed by atoms with Crippen molar-refractivity contribution >= 4 is 28.6 Å². The second-order valence-corrected chi connectivity index (χ2v) is 7.85. The third-order valence-corrected chi connectivity index (χ3v) is 5.67. The van der Waals surface area contributed by atoms with E-state index >= 15 is 0 Å². The summed E-state index contributed by atoms with van der Waals surface area (Å²) in [5.74, 6) is -2.83. The second kappa shape index (κ2) is 9.62. The normalized spacial score (nSPS) is 10.9. The molecule has 0 fully saturated rings. The molecule has 0 aliphatic carbocycles. The number of fused-ring (bicyclic) bond motifs is 1. The first-order valence-corrected chi connectivity index (χ1v) is 10.9. The molecule has 3 aromatic carbocycles. The Hall–Kier alpha value is -4.39. The maximum absolute atomic E-state index is 12.9. The number of aromatic nitrogens is 1. The van der Waals surface area contributed by atoms with Gasteiger partial charge < -0.3 is 20.1 Å². The number of ketones is 1. The molecule has 7 heteroatoms. The number of aliphatic carboxylic acids is 1. The molecular formula is C27H24N2O5. The molecule has 34 heavy (non-hydrogen) atoms. The van der Waals surface area contributed by atoms with E-state index in [2.05, 4.69) is 6.07 Å². The first-order valence-electron chi connectivity index (χ1n) is 10.9. The number of carbonyl (C=O) groups excluding carboxylic acids is 2. The van der Waals surface area contributed by atoms with Crippen LogP contribution in [0.2, 0.25) is 0 Å². The van der Waals surface area contributed by atoms with E-state index in [1.54, 1.807) is 12.1 Å². The van der Waals surface area contributed by atoms with Crippen molar-refractivity contribution in [1.29, 1.82) is 0 Å². The number of Topliss-reactive ketones (excluding diaryl/α,β-unsaturated/α-hetero) is 1. The van der Waals surface area contributed by atoms with Crippen LogP contribution in [0.1, 0.15) is 28.5 Å². The monoisotopic (exact) mass is 456 g/mol. The van der Waals surface area contributed by atoms with Gasteiger partial charge in [-0.2, -0.15) is 0 Å². The van der Waals surface area contributed by atoms with Crippen LogP contribution in [0.5, 0.6) is 5.75 Å². The number of ether oxygens (including phenoxy) is 1. The number of nitrogens with zero attached hydrogens (tertiary/aromatic N) is 1. The van der Waals surface area contributed by atoms with E-state index in [-0.39, 0.29) is 11.3 Å². The average molecular weight is 456 g/mol. The van der Waals surface area contributed by atoms with Gasteiger partial charge in [0.1, 0.15) is 5.75 Å². The van der Waals surface area contributed by atoms with Crippen molar-refractivity contribution in [3.8, 4) is 16.9 Å². The van der Waals surface area contributed by atoms with Crippen LogP contribution in [-0.4, -0.2) is 33.9 Å². The topological polar surface area (TPSA) is 112 Å². The van der Waals surface area contributed by atoms with Gasteiger partial charge in [-0.1, -0.05) is 61.5 Å². The number of benzene rings is 3. The Morgan fingerprint density at radius 1 is 0.941 bits per heavy atom. The van der Waals surface area contributed by atoms with Crippen molar-refractivity contribution in [2.45, 2.75) is 19.9 Å². The predicted molar refractivity (Wildman–Crippen MR) is 129 cm³/mol. The molecule has 4 aromatic rings. The molecule has 3 N–H and O–H groups in total. The highest BCUT2D eigenvalue weighted by Gasteiger charge is 2.27. The van der Waals surface area contributed by atoms with E-state index in [0.29, 0.717) is 29.6 Å². The zero-order chi connectivity index (χ0) is 24.2. The molecule has 0 saturated heterocycles. The summed E-state index contributed by atoms with van der Waals surface area (Å²) in [5.41, 5.74) is 9.98. The fraction of sp³-hybridized carbons (Fsp3) is 0.148. The van der Waals surface area contributed by atoms with Crippen LogP contribution in [0.4, 0.5) is 0 Å². The smallest absolute Gasteiger partial charge is 0.341 e. The Labute approximate surface area is 196 Å². The highest BCUT2D eigenvalue weighted by atomic mass is 16.5. The molecule has 0 unspecified atom stereocenters. The van der Waals surface area contributed by atoms with Crippen LogP contribution in [0.25, 0.3) is 22.0 Å². The molecule has 0 aliphatic heterocycles. The van der Waals surface area contributed by atoms with Crippen molar-refractivity contribution in [2.75, 3.05) is 6.61 Å². The van der Waals surface area contributed by atoms with Crippen LogP contribution < -0.4 is 10.5 Å². The van der Waals surface area contributed by atoms with Gasteiger partial charge in [0.2, 0.25) is 0 Å². The molecule has 0 saturated carbocycles. The molecule has 1 heterocycles. The number of carboxylic acids is 1. The van der Waals surface area contributed by atoms with Gasteiger partial charge >= 0.3 is 5.97 Å². The standard InChI is InChI=1S/C27H24N2O5/c1-2-20-25(26(32)27(28)33)24-21(12-7-13-22(24)34-16-23(30)31)29(20)15-17-8-6-11-19(14-17)18-9-4-3-5-10-18/h3-14H,2,15-16H2,1H3,(H2,28,33)(H,30,31). The fourth-order valence-electron chi connectivity index (χ4n) is 4.26. The Bertz CT molecular complexity index is 1390. The minimum absolute atomic E-state index is 0.158. The zero-order valence-corrected chi connectivity index (χ0v) is 18.7. The van der Waals surface area contributed by atoms with Crippen LogP contribution in [0.15, 0.2) is 72.8 Å². The lowest BCUT2D eigenvalue weighted by molar-refractivity contribution is -0.139. The minimum Gasteiger partial charge on any atom is -0.481 e. The van der Waals surface area contributed by atoms with Gasteiger partial charge in [0.25, 0.3) is 11.7 Å². The first kappa shape index (κ1) is 22.8. The van der Waals surface area contributed by atoms with E-state index in [1.165, 1.54) is 0 Å². The number of amides is 1. The zero-order valence-electron chi connectivity index (χ0n) is 18.7. The highest BCUT2D eigenvalue weighted by Crippen LogP contribution is 2.35. The van der Waals surface area contributed by atoms with Crippen LogP contribution in [-0.2, 0) is 22.6 Å².